The average molecular weight is 241 g/mol. The Kier molecular flexibility index (Phi) is 4.08. The number of hydrogen-bond acceptors (Lipinski definition) is 2. The molecule has 0 heterocycles. The van der Waals surface area contributed by atoms with E-state index in [0.29, 0.717) is 0 Å². The van der Waals surface area contributed by atoms with E-state index in [9.17, 15) is 4.79 Å². The van der Waals surface area contributed by atoms with Crippen LogP contribution in [0.1, 0.15) is 37.5 Å². The summed E-state index contributed by atoms with van der Waals surface area (Å²) >= 11 is 0. The summed E-state index contributed by atoms with van der Waals surface area (Å²) in [6.07, 6.45) is 1.67. The van der Waals surface area contributed by atoms with Crippen molar-refractivity contribution >= 4 is 11.9 Å². The van der Waals surface area contributed by atoms with Crippen LogP contribution >= 0.6 is 0 Å². The molecule has 0 aliphatic rings. The Bertz CT molecular complexity index is 539. The second kappa shape index (κ2) is 5.18. The van der Waals surface area contributed by atoms with Crippen molar-refractivity contribution in [2.24, 2.45) is 5.41 Å². The topological polar surface area (TPSA) is 40.9 Å². The zero-order valence-corrected chi connectivity index (χ0v) is 11.7. The van der Waals surface area contributed by atoms with Gasteiger partial charge in [0, 0.05) is 5.41 Å². The molecule has 0 radical (unpaired) electrons. The van der Waals surface area contributed by atoms with E-state index in [4.69, 9.17) is 5.26 Å². The first-order valence-corrected chi connectivity index (χ1v) is 5.99. The van der Waals surface area contributed by atoms with Gasteiger partial charge in [-0.1, -0.05) is 39.0 Å². The minimum absolute atomic E-state index is 0.122. The third-order valence-corrected chi connectivity index (χ3v) is 2.89. The van der Waals surface area contributed by atoms with E-state index in [0.717, 1.165) is 11.1 Å². The molecule has 1 aromatic rings. The lowest BCUT2D eigenvalue weighted by molar-refractivity contribution is -0.121. The zero-order chi connectivity index (χ0) is 13.9. The highest BCUT2D eigenvalue weighted by molar-refractivity contribution is 6.06. The first kappa shape index (κ1) is 14.2. The van der Waals surface area contributed by atoms with Crippen molar-refractivity contribution in [2.45, 2.75) is 34.6 Å². The molecular weight excluding hydrogens is 222 g/mol. The standard InChI is InChI=1S/C16H19NO/c1-11-6-7-13(8-12(11)2)9-14(10-17)15(18)16(3,4)5/h6-9H,1-5H3/b14-9+. The SMILES string of the molecule is Cc1ccc(/C=C(\C#N)C(=O)C(C)(C)C)cc1C. The molecular formula is C16H19NO. The second-order valence-electron chi connectivity index (χ2n) is 5.59. The van der Waals surface area contributed by atoms with E-state index in [2.05, 4.69) is 0 Å². The smallest absolute Gasteiger partial charge is 0.178 e. The summed E-state index contributed by atoms with van der Waals surface area (Å²) < 4.78 is 0. The van der Waals surface area contributed by atoms with Crippen LogP contribution in [0.2, 0.25) is 0 Å². The first-order chi connectivity index (χ1) is 8.25. The molecule has 1 rings (SSSR count). The van der Waals surface area contributed by atoms with Crippen LogP contribution in [-0.4, -0.2) is 5.78 Å². The average Bonchev–Trinajstić information content (AvgIpc) is 2.28. The molecule has 0 aromatic heterocycles. The van der Waals surface area contributed by atoms with Gasteiger partial charge in [-0.15, -0.1) is 0 Å². The maximum atomic E-state index is 12.1. The summed E-state index contributed by atoms with van der Waals surface area (Å²) in [5, 5.41) is 9.11. The summed E-state index contributed by atoms with van der Waals surface area (Å²) in [6.45, 7) is 9.52. The predicted molar refractivity (Wildman–Crippen MR) is 74.0 cm³/mol. The quantitative estimate of drug-likeness (QED) is 0.583. The van der Waals surface area contributed by atoms with Crippen LogP contribution < -0.4 is 0 Å². The molecule has 1 aromatic carbocycles. The highest BCUT2D eigenvalue weighted by Crippen LogP contribution is 2.21. The van der Waals surface area contributed by atoms with Crippen LogP contribution in [0.3, 0.4) is 0 Å². The molecule has 0 saturated carbocycles. The minimum Gasteiger partial charge on any atom is -0.293 e. The molecule has 0 fully saturated rings. The second-order valence-corrected chi connectivity index (χ2v) is 5.59. The van der Waals surface area contributed by atoms with E-state index in [1.54, 1.807) is 6.08 Å². The number of allylic oxidation sites excluding steroid dienone is 1. The van der Waals surface area contributed by atoms with Crippen LogP contribution in [0.5, 0.6) is 0 Å². The maximum absolute atomic E-state index is 12.1. The summed E-state index contributed by atoms with van der Waals surface area (Å²) in [5.74, 6) is -0.122. The molecule has 0 bridgehead atoms. The molecule has 0 atom stereocenters. The molecule has 0 spiro atoms. The molecule has 94 valence electrons. The van der Waals surface area contributed by atoms with Crippen molar-refractivity contribution < 1.29 is 4.79 Å². The molecule has 2 nitrogen and oxygen atoms in total. The van der Waals surface area contributed by atoms with Crippen LogP contribution in [0.25, 0.3) is 6.08 Å². The van der Waals surface area contributed by atoms with Gasteiger partial charge >= 0.3 is 0 Å². The van der Waals surface area contributed by atoms with Crippen molar-refractivity contribution in [3.8, 4) is 6.07 Å². The Morgan fingerprint density at radius 1 is 1.22 bits per heavy atom. The van der Waals surface area contributed by atoms with E-state index in [1.165, 1.54) is 5.56 Å². The Balaban J connectivity index is 3.17. The largest absolute Gasteiger partial charge is 0.293 e. The fourth-order valence-corrected chi connectivity index (χ4v) is 1.57. The van der Waals surface area contributed by atoms with Gasteiger partial charge in [0.2, 0.25) is 0 Å². The third kappa shape index (κ3) is 3.30. The number of ketones is 1. The highest BCUT2D eigenvalue weighted by atomic mass is 16.1. The lowest BCUT2D eigenvalue weighted by Gasteiger charge is -2.15. The summed E-state index contributed by atoms with van der Waals surface area (Å²) in [6, 6.07) is 7.92. The normalized spacial score (nSPS) is 12.1. The molecule has 0 unspecified atom stereocenters. The Hall–Kier alpha value is -1.88. The van der Waals surface area contributed by atoms with Crippen molar-refractivity contribution in [2.75, 3.05) is 0 Å². The molecule has 0 saturated heterocycles. The molecule has 0 aliphatic carbocycles. The van der Waals surface area contributed by atoms with E-state index >= 15 is 0 Å². The molecule has 18 heavy (non-hydrogen) atoms. The van der Waals surface area contributed by atoms with Gasteiger partial charge < -0.3 is 0 Å². The summed E-state index contributed by atoms with van der Waals surface area (Å²) in [7, 11) is 0. The van der Waals surface area contributed by atoms with E-state index in [1.807, 2.05) is 58.9 Å². The maximum Gasteiger partial charge on any atom is 0.178 e. The fraction of sp³-hybridized carbons (Fsp3) is 0.375. The number of nitriles is 1. The summed E-state index contributed by atoms with van der Waals surface area (Å²) in [4.78, 5) is 12.1. The van der Waals surface area contributed by atoms with Crippen LogP contribution in [0.4, 0.5) is 0 Å². The van der Waals surface area contributed by atoms with Crippen molar-refractivity contribution in [3.63, 3.8) is 0 Å². The minimum atomic E-state index is -0.526. The third-order valence-electron chi connectivity index (χ3n) is 2.89. The van der Waals surface area contributed by atoms with Gasteiger partial charge in [-0.25, -0.2) is 0 Å². The van der Waals surface area contributed by atoms with E-state index < -0.39 is 5.41 Å². The zero-order valence-electron chi connectivity index (χ0n) is 11.7. The van der Waals surface area contributed by atoms with Gasteiger partial charge in [0.25, 0.3) is 0 Å². The van der Waals surface area contributed by atoms with Crippen LogP contribution in [0.15, 0.2) is 23.8 Å². The van der Waals surface area contributed by atoms with Crippen molar-refractivity contribution in [3.05, 3.63) is 40.5 Å². The Labute approximate surface area is 109 Å². The van der Waals surface area contributed by atoms with Gasteiger partial charge in [0.1, 0.15) is 6.07 Å². The molecule has 0 aliphatic heterocycles. The Morgan fingerprint density at radius 2 is 1.83 bits per heavy atom. The summed E-state index contributed by atoms with van der Waals surface area (Å²) in [5.41, 5.74) is 2.94. The number of rotatable bonds is 2. The molecule has 2 heteroatoms. The van der Waals surface area contributed by atoms with Gasteiger partial charge in [0.15, 0.2) is 5.78 Å². The number of hydrogen-bond donors (Lipinski definition) is 0. The van der Waals surface area contributed by atoms with E-state index in [-0.39, 0.29) is 11.4 Å². The number of aryl methyl sites for hydroxylation is 2. The van der Waals surface area contributed by atoms with Gasteiger partial charge in [0.05, 0.1) is 5.57 Å². The van der Waals surface area contributed by atoms with Gasteiger partial charge in [-0.2, -0.15) is 5.26 Å². The highest BCUT2D eigenvalue weighted by Gasteiger charge is 2.24. The monoisotopic (exact) mass is 241 g/mol. The van der Waals surface area contributed by atoms with Crippen LogP contribution in [-0.2, 0) is 4.79 Å². The molecule has 0 N–H and O–H groups in total. The van der Waals surface area contributed by atoms with Crippen molar-refractivity contribution in [1.82, 2.24) is 0 Å². The lowest BCUT2D eigenvalue weighted by atomic mass is 9.86. The number of carbonyl (C=O) groups is 1. The van der Waals surface area contributed by atoms with Crippen molar-refractivity contribution in [1.29, 1.82) is 5.26 Å². The number of carbonyl (C=O) groups excluding carboxylic acids is 1. The number of Topliss-reactive ketones (excluding diaryl/α,β-unsaturated/α-hetero) is 1. The van der Waals surface area contributed by atoms with Crippen LogP contribution in [0, 0.1) is 30.6 Å². The Morgan fingerprint density at radius 3 is 2.28 bits per heavy atom. The molecule has 0 amide bonds. The fourth-order valence-electron chi connectivity index (χ4n) is 1.57. The van der Waals surface area contributed by atoms with Gasteiger partial charge in [-0.3, -0.25) is 4.79 Å². The predicted octanol–water partition coefficient (Wildman–Crippen LogP) is 3.83. The lowest BCUT2D eigenvalue weighted by Crippen LogP contribution is -2.21. The van der Waals surface area contributed by atoms with Gasteiger partial charge in [-0.05, 0) is 36.6 Å². The first-order valence-electron chi connectivity index (χ1n) is 5.99. The number of nitrogens with zero attached hydrogens (tertiary/aromatic N) is 1. The number of benzene rings is 1.